The van der Waals surface area contributed by atoms with E-state index in [2.05, 4.69) is 38.7 Å². The molecular formula is C17H26N6O. The van der Waals surface area contributed by atoms with Crippen LogP contribution in [-0.4, -0.2) is 51.5 Å². The van der Waals surface area contributed by atoms with Gasteiger partial charge in [-0.05, 0) is 37.1 Å². The van der Waals surface area contributed by atoms with E-state index >= 15 is 0 Å². The molecule has 0 spiro atoms. The SMILES string of the molecule is Cn1nnc2cc(CN3CCCCC3CNC(=O)CCN)ccc21. The van der Waals surface area contributed by atoms with Crippen molar-refractivity contribution in [3.8, 4) is 0 Å². The third-order valence-electron chi connectivity index (χ3n) is 4.72. The van der Waals surface area contributed by atoms with Gasteiger partial charge in [-0.2, -0.15) is 0 Å². The minimum Gasteiger partial charge on any atom is -0.354 e. The van der Waals surface area contributed by atoms with Crippen LogP contribution in [0.5, 0.6) is 0 Å². The van der Waals surface area contributed by atoms with Gasteiger partial charge < -0.3 is 11.1 Å². The van der Waals surface area contributed by atoms with Crippen LogP contribution in [0.3, 0.4) is 0 Å². The lowest BCUT2D eigenvalue weighted by molar-refractivity contribution is -0.121. The summed E-state index contributed by atoms with van der Waals surface area (Å²) in [6.45, 7) is 3.05. The van der Waals surface area contributed by atoms with Crippen LogP contribution < -0.4 is 11.1 Å². The first-order valence-corrected chi connectivity index (χ1v) is 8.66. The van der Waals surface area contributed by atoms with Crippen molar-refractivity contribution in [2.75, 3.05) is 19.6 Å². The molecule has 7 nitrogen and oxygen atoms in total. The van der Waals surface area contributed by atoms with Gasteiger partial charge in [0.15, 0.2) is 0 Å². The lowest BCUT2D eigenvalue weighted by Crippen LogP contribution is -2.46. The van der Waals surface area contributed by atoms with Gasteiger partial charge in [-0.15, -0.1) is 5.10 Å². The number of aromatic nitrogens is 3. The number of nitrogens with zero attached hydrogens (tertiary/aromatic N) is 4. The number of hydrogen-bond donors (Lipinski definition) is 2. The Hall–Kier alpha value is -1.99. The number of piperidine rings is 1. The fourth-order valence-corrected chi connectivity index (χ4v) is 3.37. The van der Waals surface area contributed by atoms with Crippen LogP contribution in [0.25, 0.3) is 11.0 Å². The van der Waals surface area contributed by atoms with E-state index in [1.54, 1.807) is 4.68 Å². The minimum atomic E-state index is 0.0454. The number of amides is 1. The molecule has 7 heteroatoms. The van der Waals surface area contributed by atoms with Crippen LogP contribution in [0.1, 0.15) is 31.2 Å². The molecule has 3 N–H and O–H groups in total. The molecule has 1 aromatic heterocycles. The lowest BCUT2D eigenvalue weighted by atomic mass is 10.0. The van der Waals surface area contributed by atoms with Crippen molar-refractivity contribution >= 4 is 16.9 Å². The summed E-state index contributed by atoms with van der Waals surface area (Å²) >= 11 is 0. The van der Waals surface area contributed by atoms with Crippen LogP contribution in [-0.2, 0) is 18.4 Å². The Balaban J connectivity index is 1.64. The first kappa shape index (κ1) is 16.9. The normalized spacial score (nSPS) is 18.8. The second-order valence-corrected chi connectivity index (χ2v) is 6.50. The Kier molecular flexibility index (Phi) is 5.42. The number of hydrogen-bond acceptors (Lipinski definition) is 5. The number of aryl methyl sites for hydroxylation is 1. The molecule has 1 saturated heterocycles. The Morgan fingerprint density at radius 1 is 1.42 bits per heavy atom. The van der Waals surface area contributed by atoms with E-state index in [9.17, 15) is 4.79 Å². The number of likely N-dealkylation sites (tertiary alicyclic amines) is 1. The fraction of sp³-hybridized carbons (Fsp3) is 0.588. The monoisotopic (exact) mass is 330 g/mol. The average molecular weight is 330 g/mol. The van der Waals surface area contributed by atoms with Gasteiger partial charge in [0.1, 0.15) is 5.52 Å². The van der Waals surface area contributed by atoms with Crippen molar-refractivity contribution in [3.05, 3.63) is 23.8 Å². The van der Waals surface area contributed by atoms with Gasteiger partial charge in [0.05, 0.1) is 5.52 Å². The molecule has 2 heterocycles. The number of carbonyl (C=O) groups excluding carboxylic acids is 1. The Bertz CT molecular complexity index is 697. The van der Waals surface area contributed by atoms with Crippen molar-refractivity contribution in [3.63, 3.8) is 0 Å². The highest BCUT2D eigenvalue weighted by molar-refractivity contribution is 5.76. The first-order chi connectivity index (χ1) is 11.7. The second-order valence-electron chi connectivity index (χ2n) is 6.50. The Morgan fingerprint density at radius 3 is 3.12 bits per heavy atom. The van der Waals surface area contributed by atoms with E-state index in [0.29, 0.717) is 25.6 Å². The molecular weight excluding hydrogens is 304 g/mol. The number of nitrogens with one attached hydrogen (secondary N) is 1. The van der Waals surface area contributed by atoms with Crippen LogP contribution in [0.15, 0.2) is 18.2 Å². The van der Waals surface area contributed by atoms with Crippen molar-refractivity contribution in [1.82, 2.24) is 25.2 Å². The lowest BCUT2D eigenvalue weighted by Gasteiger charge is -2.35. The summed E-state index contributed by atoms with van der Waals surface area (Å²) in [5.41, 5.74) is 8.64. The zero-order valence-electron chi connectivity index (χ0n) is 14.2. The summed E-state index contributed by atoms with van der Waals surface area (Å²) < 4.78 is 1.79. The van der Waals surface area contributed by atoms with E-state index in [1.165, 1.54) is 18.4 Å². The van der Waals surface area contributed by atoms with Gasteiger partial charge in [0, 0.05) is 39.1 Å². The van der Waals surface area contributed by atoms with E-state index in [4.69, 9.17) is 5.73 Å². The zero-order chi connectivity index (χ0) is 16.9. The number of carbonyl (C=O) groups is 1. The smallest absolute Gasteiger partial charge is 0.221 e. The summed E-state index contributed by atoms with van der Waals surface area (Å²) in [4.78, 5) is 14.1. The van der Waals surface area contributed by atoms with Gasteiger partial charge in [0.2, 0.25) is 5.91 Å². The summed E-state index contributed by atoms with van der Waals surface area (Å²) in [5.74, 6) is 0.0454. The molecule has 1 fully saturated rings. The van der Waals surface area contributed by atoms with Gasteiger partial charge in [-0.3, -0.25) is 9.69 Å². The molecule has 0 radical (unpaired) electrons. The zero-order valence-corrected chi connectivity index (χ0v) is 14.2. The third-order valence-corrected chi connectivity index (χ3v) is 4.72. The number of benzene rings is 1. The standard InChI is InChI=1S/C17H26N6O/c1-22-16-6-5-13(10-15(16)20-21-22)12-23-9-3-2-4-14(23)11-19-17(24)7-8-18/h5-6,10,14H,2-4,7-9,11-12,18H2,1H3,(H,19,24). The van der Waals surface area contributed by atoms with Crippen LogP contribution in [0.4, 0.5) is 0 Å². The van der Waals surface area contributed by atoms with Gasteiger partial charge in [-0.1, -0.05) is 17.7 Å². The molecule has 1 aromatic carbocycles. The van der Waals surface area contributed by atoms with E-state index in [0.717, 1.165) is 30.5 Å². The van der Waals surface area contributed by atoms with Crippen LogP contribution >= 0.6 is 0 Å². The van der Waals surface area contributed by atoms with Crippen molar-refractivity contribution in [2.24, 2.45) is 12.8 Å². The predicted octanol–water partition coefficient (Wildman–Crippen LogP) is 0.788. The summed E-state index contributed by atoms with van der Waals surface area (Å²) in [6.07, 6.45) is 3.95. The maximum Gasteiger partial charge on any atom is 0.221 e. The third kappa shape index (κ3) is 3.91. The number of nitrogens with two attached hydrogens (primary N) is 1. The summed E-state index contributed by atoms with van der Waals surface area (Å²) in [6, 6.07) is 6.72. The summed E-state index contributed by atoms with van der Waals surface area (Å²) in [7, 11) is 1.90. The van der Waals surface area contributed by atoms with Crippen molar-refractivity contribution in [2.45, 2.75) is 38.3 Å². The number of fused-ring (bicyclic) bond motifs is 1. The van der Waals surface area contributed by atoms with Crippen LogP contribution in [0.2, 0.25) is 0 Å². The molecule has 24 heavy (non-hydrogen) atoms. The predicted molar refractivity (Wildman–Crippen MR) is 93.2 cm³/mol. The van der Waals surface area contributed by atoms with Gasteiger partial charge >= 0.3 is 0 Å². The summed E-state index contributed by atoms with van der Waals surface area (Å²) in [5, 5.41) is 11.3. The molecule has 2 aromatic rings. The molecule has 1 atom stereocenters. The van der Waals surface area contributed by atoms with Crippen molar-refractivity contribution < 1.29 is 4.79 Å². The maximum absolute atomic E-state index is 11.7. The molecule has 0 bridgehead atoms. The van der Waals surface area contributed by atoms with Gasteiger partial charge in [0.25, 0.3) is 0 Å². The van der Waals surface area contributed by atoms with Crippen LogP contribution in [0, 0.1) is 0 Å². The molecule has 1 aliphatic heterocycles. The highest BCUT2D eigenvalue weighted by atomic mass is 16.1. The van der Waals surface area contributed by atoms with Crippen molar-refractivity contribution in [1.29, 1.82) is 0 Å². The fourth-order valence-electron chi connectivity index (χ4n) is 3.37. The van der Waals surface area contributed by atoms with Gasteiger partial charge in [-0.25, -0.2) is 4.68 Å². The second kappa shape index (κ2) is 7.72. The molecule has 1 aliphatic rings. The molecule has 1 unspecified atom stereocenters. The highest BCUT2D eigenvalue weighted by Gasteiger charge is 2.23. The average Bonchev–Trinajstić information content (AvgIpc) is 2.95. The van der Waals surface area contributed by atoms with E-state index in [-0.39, 0.29) is 5.91 Å². The van der Waals surface area contributed by atoms with E-state index < -0.39 is 0 Å². The molecule has 3 rings (SSSR count). The topological polar surface area (TPSA) is 89.1 Å². The first-order valence-electron chi connectivity index (χ1n) is 8.66. The Morgan fingerprint density at radius 2 is 2.29 bits per heavy atom. The van der Waals surface area contributed by atoms with E-state index in [1.807, 2.05) is 7.05 Å². The molecule has 0 aliphatic carbocycles. The number of rotatable bonds is 6. The maximum atomic E-state index is 11.7. The highest BCUT2D eigenvalue weighted by Crippen LogP contribution is 2.21. The molecule has 130 valence electrons. The molecule has 1 amide bonds. The quantitative estimate of drug-likeness (QED) is 0.817. The largest absolute Gasteiger partial charge is 0.354 e. The Labute approximate surface area is 142 Å². The minimum absolute atomic E-state index is 0.0454. The molecule has 0 saturated carbocycles.